The summed E-state index contributed by atoms with van der Waals surface area (Å²) < 4.78 is 6.62. The zero-order chi connectivity index (χ0) is 15.5. The van der Waals surface area contributed by atoms with Crippen molar-refractivity contribution in [2.24, 2.45) is 0 Å². The maximum atomic E-state index is 11.9. The van der Waals surface area contributed by atoms with Crippen LogP contribution < -0.4 is 11.1 Å². The molecule has 0 unspecified atom stereocenters. The molecule has 0 aliphatic rings. The fourth-order valence-electron chi connectivity index (χ4n) is 1.78. The van der Waals surface area contributed by atoms with Crippen LogP contribution in [0.3, 0.4) is 0 Å². The lowest BCUT2D eigenvalue weighted by Gasteiger charge is -2.01. The van der Waals surface area contributed by atoms with Gasteiger partial charge in [0.1, 0.15) is 12.4 Å². The van der Waals surface area contributed by atoms with Crippen LogP contribution in [0.25, 0.3) is 11.5 Å². The lowest BCUT2D eigenvalue weighted by molar-refractivity contribution is -0.117. The van der Waals surface area contributed by atoms with E-state index in [0.717, 1.165) is 4.68 Å². The summed E-state index contributed by atoms with van der Waals surface area (Å²) in [6.45, 7) is -0.263. The van der Waals surface area contributed by atoms with Gasteiger partial charge in [-0.25, -0.2) is 4.79 Å². The molecule has 3 rings (SSSR count). The fraction of sp³-hybridized carbons (Fsp3) is 0.0769. The van der Waals surface area contributed by atoms with Crippen LogP contribution in [0.2, 0.25) is 0 Å². The first-order valence-electron chi connectivity index (χ1n) is 6.25. The van der Waals surface area contributed by atoms with Crippen LogP contribution in [0, 0.1) is 0 Å². The zero-order valence-corrected chi connectivity index (χ0v) is 12.7. The number of rotatable bonds is 4. The van der Waals surface area contributed by atoms with E-state index in [1.54, 1.807) is 24.3 Å². The average molecular weight is 364 g/mol. The van der Waals surface area contributed by atoms with E-state index < -0.39 is 11.7 Å². The third kappa shape index (κ3) is 2.98. The number of amides is 1. The molecule has 3 aromatic rings. The average Bonchev–Trinajstić information content (AvgIpc) is 3.07. The van der Waals surface area contributed by atoms with Crippen molar-refractivity contribution < 1.29 is 9.21 Å². The van der Waals surface area contributed by atoms with Gasteiger partial charge >= 0.3 is 5.76 Å². The molecule has 2 heterocycles. The van der Waals surface area contributed by atoms with Gasteiger partial charge in [-0.2, -0.15) is 9.78 Å². The maximum Gasteiger partial charge on any atom is 0.437 e. The highest BCUT2D eigenvalue weighted by molar-refractivity contribution is 9.10. The first kappa shape index (κ1) is 14.3. The van der Waals surface area contributed by atoms with E-state index in [4.69, 9.17) is 4.42 Å². The molecule has 0 saturated heterocycles. The van der Waals surface area contributed by atoms with Crippen LogP contribution in [0.5, 0.6) is 0 Å². The van der Waals surface area contributed by atoms with Crippen molar-refractivity contribution in [3.63, 3.8) is 0 Å². The number of aromatic amines is 1. The molecule has 0 aliphatic heterocycles. The van der Waals surface area contributed by atoms with Gasteiger partial charge in [0.15, 0.2) is 0 Å². The van der Waals surface area contributed by atoms with Crippen molar-refractivity contribution in [2.75, 3.05) is 5.32 Å². The number of hydrogen-bond donors (Lipinski definition) is 2. The summed E-state index contributed by atoms with van der Waals surface area (Å²) in [5.74, 6) is -0.552. The first-order valence-corrected chi connectivity index (χ1v) is 7.05. The van der Waals surface area contributed by atoms with Gasteiger partial charge in [0.05, 0.1) is 10.7 Å². The molecule has 1 amide bonds. The Morgan fingerprint density at radius 3 is 2.82 bits per heavy atom. The number of aromatic nitrogens is 4. The highest BCUT2D eigenvalue weighted by Gasteiger charge is 2.14. The van der Waals surface area contributed by atoms with Gasteiger partial charge < -0.3 is 9.73 Å². The van der Waals surface area contributed by atoms with Crippen molar-refractivity contribution >= 4 is 27.7 Å². The molecule has 112 valence electrons. The summed E-state index contributed by atoms with van der Waals surface area (Å²) >= 11 is 3.22. The summed E-state index contributed by atoms with van der Waals surface area (Å²) in [6.07, 6.45) is 1.51. The van der Waals surface area contributed by atoms with Gasteiger partial charge in [0, 0.05) is 5.56 Å². The summed E-state index contributed by atoms with van der Waals surface area (Å²) in [4.78, 5) is 23.7. The highest BCUT2D eigenvalue weighted by Crippen LogP contribution is 2.18. The summed E-state index contributed by atoms with van der Waals surface area (Å²) in [5.41, 5.74) is 0.662. The SMILES string of the molecule is O=C(Cn1nc(-c2ccccc2)oc1=O)Nc1[nH]ncc1Br. The third-order valence-corrected chi connectivity index (χ3v) is 3.38. The number of benzene rings is 1. The molecule has 0 fully saturated rings. The zero-order valence-electron chi connectivity index (χ0n) is 11.1. The van der Waals surface area contributed by atoms with Crippen molar-refractivity contribution in [1.82, 2.24) is 20.0 Å². The second-order valence-corrected chi connectivity index (χ2v) is 5.19. The van der Waals surface area contributed by atoms with Gasteiger partial charge in [0.25, 0.3) is 0 Å². The molecule has 1 aromatic carbocycles. The van der Waals surface area contributed by atoms with Crippen molar-refractivity contribution in [3.8, 4) is 11.5 Å². The van der Waals surface area contributed by atoms with E-state index in [1.165, 1.54) is 6.20 Å². The largest absolute Gasteiger partial charge is 0.437 e. The smallest absolute Gasteiger partial charge is 0.388 e. The highest BCUT2D eigenvalue weighted by atomic mass is 79.9. The molecule has 0 bridgehead atoms. The Balaban J connectivity index is 1.76. The lowest BCUT2D eigenvalue weighted by atomic mass is 10.2. The van der Waals surface area contributed by atoms with Crippen LogP contribution in [0.1, 0.15) is 0 Å². The predicted octanol–water partition coefficient (Wildman–Crippen LogP) is 1.63. The number of carbonyl (C=O) groups excluding carboxylic acids is 1. The van der Waals surface area contributed by atoms with E-state index in [0.29, 0.717) is 15.9 Å². The van der Waals surface area contributed by atoms with Crippen LogP contribution in [-0.2, 0) is 11.3 Å². The molecule has 0 atom stereocenters. The summed E-state index contributed by atoms with van der Waals surface area (Å²) in [5, 5.41) is 12.9. The Kier molecular flexibility index (Phi) is 3.88. The van der Waals surface area contributed by atoms with E-state index in [9.17, 15) is 9.59 Å². The van der Waals surface area contributed by atoms with Crippen molar-refractivity contribution in [1.29, 1.82) is 0 Å². The lowest BCUT2D eigenvalue weighted by Crippen LogP contribution is -2.26. The molecule has 9 heteroatoms. The predicted molar refractivity (Wildman–Crippen MR) is 81.1 cm³/mol. The Labute approximate surface area is 132 Å². The minimum absolute atomic E-state index is 0.168. The fourth-order valence-corrected chi connectivity index (χ4v) is 2.07. The van der Waals surface area contributed by atoms with Crippen LogP contribution in [0.15, 0.2) is 50.2 Å². The van der Waals surface area contributed by atoms with Gasteiger partial charge in [-0.1, -0.05) is 18.2 Å². The standard InChI is InChI=1S/C13H10BrN5O3/c14-9-6-15-17-11(9)16-10(20)7-19-13(21)22-12(18-19)8-4-2-1-3-5-8/h1-6H,7H2,(H2,15,16,17,20). The molecule has 0 saturated carbocycles. The minimum atomic E-state index is -0.697. The van der Waals surface area contributed by atoms with Gasteiger partial charge in [-0.3, -0.25) is 9.89 Å². The first-order chi connectivity index (χ1) is 10.6. The maximum absolute atomic E-state index is 11.9. The van der Waals surface area contributed by atoms with Crippen molar-refractivity contribution in [2.45, 2.75) is 6.54 Å². The van der Waals surface area contributed by atoms with E-state index in [-0.39, 0.29) is 12.4 Å². The molecule has 2 aromatic heterocycles. The number of carbonyl (C=O) groups is 1. The van der Waals surface area contributed by atoms with Crippen LogP contribution in [-0.4, -0.2) is 25.9 Å². The minimum Gasteiger partial charge on any atom is -0.388 e. The number of anilines is 1. The second-order valence-electron chi connectivity index (χ2n) is 4.34. The number of H-pyrrole nitrogens is 1. The normalized spacial score (nSPS) is 10.6. The van der Waals surface area contributed by atoms with Gasteiger partial charge in [0.2, 0.25) is 11.8 Å². The number of nitrogens with one attached hydrogen (secondary N) is 2. The van der Waals surface area contributed by atoms with Gasteiger partial charge in [-0.15, -0.1) is 5.10 Å². The van der Waals surface area contributed by atoms with E-state index in [1.807, 2.05) is 6.07 Å². The molecule has 0 aliphatic carbocycles. The van der Waals surface area contributed by atoms with Crippen LogP contribution >= 0.6 is 15.9 Å². The molecule has 0 radical (unpaired) electrons. The summed E-state index contributed by atoms with van der Waals surface area (Å²) in [6, 6.07) is 8.97. The quantitative estimate of drug-likeness (QED) is 0.732. The Morgan fingerprint density at radius 1 is 1.36 bits per heavy atom. The second kappa shape index (κ2) is 5.98. The van der Waals surface area contributed by atoms with Gasteiger partial charge in [-0.05, 0) is 28.1 Å². The molecular weight excluding hydrogens is 354 g/mol. The van der Waals surface area contributed by atoms with E-state index in [2.05, 4.69) is 36.5 Å². The monoisotopic (exact) mass is 363 g/mol. The summed E-state index contributed by atoms with van der Waals surface area (Å²) in [7, 11) is 0. The molecular formula is C13H10BrN5O3. The molecule has 2 N–H and O–H groups in total. The molecule has 22 heavy (non-hydrogen) atoms. The molecule has 0 spiro atoms. The molecule has 8 nitrogen and oxygen atoms in total. The van der Waals surface area contributed by atoms with Crippen molar-refractivity contribution in [3.05, 3.63) is 51.6 Å². The number of nitrogens with zero attached hydrogens (tertiary/aromatic N) is 3. The topological polar surface area (TPSA) is 106 Å². The Hall–Kier alpha value is -2.68. The van der Waals surface area contributed by atoms with E-state index >= 15 is 0 Å². The third-order valence-electron chi connectivity index (χ3n) is 2.78. The number of hydrogen-bond acceptors (Lipinski definition) is 5. The Morgan fingerprint density at radius 2 is 2.14 bits per heavy atom. The van der Waals surface area contributed by atoms with Crippen LogP contribution in [0.4, 0.5) is 5.82 Å². The number of halogens is 1. The Bertz CT molecular complexity index is 852.